The fraction of sp³-hybridized carbons (Fsp3) is 0.130. The minimum atomic E-state index is 0.809. The molecule has 2 aromatic carbocycles. The number of hydrogen-bond acceptors (Lipinski definition) is 3. The molecule has 2 aliphatic heterocycles. The van der Waals surface area contributed by atoms with E-state index < -0.39 is 0 Å². The molecule has 3 heteroatoms. The van der Waals surface area contributed by atoms with Crippen molar-refractivity contribution in [2.75, 3.05) is 0 Å². The monoisotopic (exact) mass is 340 g/mol. The number of fused-ring (bicyclic) bond motifs is 4. The first-order valence-corrected chi connectivity index (χ1v) is 8.93. The molecule has 0 unspecified atom stereocenters. The molecule has 3 nitrogen and oxygen atoms in total. The SMILES string of the molecule is Cc1cccc(C)c1C1=CN(O)C2=c3ccccc3=C3CC=CC=C3N12. The summed E-state index contributed by atoms with van der Waals surface area (Å²) in [6, 6.07) is 14.7. The molecule has 2 aromatic rings. The van der Waals surface area contributed by atoms with E-state index in [1.807, 2.05) is 12.3 Å². The van der Waals surface area contributed by atoms with Gasteiger partial charge in [0.1, 0.15) is 0 Å². The molecule has 0 atom stereocenters. The van der Waals surface area contributed by atoms with Gasteiger partial charge in [-0.1, -0.05) is 54.6 Å². The lowest BCUT2D eigenvalue weighted by Crippen LogP contribution is -2.42. The van der Waals surface area contributed by atoms with Crippen LogP contribution in [0.1, 0.15) is 23.1 Å². The Hall–Kier alpha value is -3.04. The summed E-state index contributed by atoms with van der Waals surface area (Å²) in [5.74, 6) is 0.809. The molecule has 1 N–H and O–H groups in total. The zero-order valence-electron chi connectivity index (χ0n) is 14.9. The van der Waals surface area contributed by atoms with Crippen molar-refractivity contribution in [2.24, 2.45) is 0 Å². The highest BCUT2D eigenvalue weighted by molar-refractivity contribution is 5.86. The third-order valence-corrected chi connectivity index (χ3v) is 5.41. The van der Waals surface area contributed by atoms with Gasteiger partial charge in [-0.3, -0.25) is 10.1 Å². The summed E-state index contributed by atoms with van der Waals surface area (Å²) >= 11 is 0. The van der Waals surface area contributed by atoms with E-state index in [9.17, 15) is 5.21 Å². The van der Waals surface area contributed by atoms with Gasteiger partial charge in [-0.2, -0.15) is 0 Å². The molecule has 26 heavy (non-hydrogen) atoms. The van der Waals surface area contributed by atoms with Crippen molar-refractivity contribution < 1.29 is 5.21 Å². The van der Waals surface area contributed by atoms with Crippen molar-refractivity contribution in [1.82, 2.24) is 9.96 Å². The summed E-state index contributed by atoms with van der Waals surface area (Å²) < 4.78 is 0. The van der Waals surface area contributed by atoms with Gasteiger partial charge < -0.3 is 0 Å². The summed E-state index contributed by atoms with van der Waals surface area (Å²) in [6.07, 6.45) is 9.18. The Morgan fingerprint density at radius 2 is 1.62 bits per heavy atom. The predicted molar refractivity (Wildman–Crippen MR) is 104 cm³/mol. The molecule has 128 valence electrons. The number of rotatable bonds is 1. The van der Waals surface area contributed by atoms with E-state index in [4.69, 9.17) is 0 Å². The van der Waals surface area contributed by atoms with E-state index in [2.05, 4.69) is 73.4 Å². The number of hydroxylamine groups is 2. The molecule has 0 fully saturated rings. The summed E-state index contributed by atoms with van der Waals surface area (Å²) in [6.45, 7) is 4.25. The largest absolute Gasteiger partial charge is 0.292 e. The first-order chi connectivity index (χ1) is 12.7. The highest BCUT2D eigenvalue weighted by Gasteiger charge is 2.35. The minimum absolute atomic E-state index is 0.809. The maximum absolute atomic E-state index is 10.8. The number of aryl methyl sites for hydroxylation is 2. The molecule has 5 rings (SSSR count). The average Bonchev–Trinajstić information content (AvgIpc) is 2.99. The number of nitrogens with zero attached hydrogens (tertiary/aromatic N) is 2. The minimum Gasteiger partial charge on any atom is -0.292 e. The molecular formula is C23H20N2O. The number of hydrogen-bond donors (Lipinski definition) is 1. The quantitative estimate of drug-likeness (QED) is 0.862. The molecule has 0 bridgehead atoms. The maximum atomic E-state index is 10.8. The molecule has 0 radical (unpaired) electrons. The van der Waals surface area contributed by atoms with E-state index >= 15 is 0 Å². The van der Waals surface area contributed by atoms with Crippen LogP contribution in [0.4, 0.5) is 0 Å². The van der Waals surface area contributed by atoms with Gasteiger partial charge in [-0.05, 0) is 48.3 Å². The second-order valence-corrected chi connectivity index (χ2v) is 6.99. The van der Waals surface area contributed by atoms with Crippen LogP contribution < -0.4 is 10.4 Å². The van der Waals surface area contributed by atoms with E-state index in [-0.39, 0.29) is 0 Å². The fourth-order valence-electron chi connectivity index (χ4n) is 4.28. The summed E-state index contributed by atoms with van der Waals surface area (Å²) in [5.41, 5.74) is 7.06. The Balaban J connectivity index is 1.86. The molecule has 2 heterocycles. The molecule has 0 aromatic heterocycles. The van der Waals surface area contributed by atoms with E-state index in [1.54, 1.807) is 0 Å². The third-order valence-electron chi connectivity index (χ3n) is 5.41. The van der Waals surface area contributed by atoms with Gasteiger partial charge >= 0.3 is 0 Å². The molecule has 0 saturated heterocycles. The lowest BCUT2D eigenvalue weighted by atomic mass is 9.93. The van der Waals surface area contributed by atoms with Gasteiger partial charge in [0.2, 0.25) is 0 Å². The topological polar surface area (TPSA) is 26.7 Å². The fourth-order valence-corrected chi connectivity index (χ4v) is 4.28. The molecule has 1 aliphatic carbocycles. The van der Waals surface area contributed by atoms with Gasteiger partial charge in [0.25, 0.3) is 0 Å². The molecule has 3 aliphatic rings. The Kier molecular flexibility index (Phi) is 3.21. The summed E-state index contributed by atoms with van der Waals surface area (Å²) in [5, 5.41) is 14.3. The Morgan fingerprint density at radius 3 is 2.38 bits per heavy atom. The Bertz CT molecular complexity index is 1130. The lowest BCUT2D eigenvalue weighted by molar-refractivity contribution is 0.0192. The first-order valence-electron chi connectivity index (χ1n) is 8.93. The number of allylic oxidation sites excluding steroid dienone is 4. The van der Waals surface area contributed by atoms with Gasteiger partial charge in [-0.25, -0.2) is 5.06 Å². The lowest BCUT2D eigenvalue weighted by Gasteiger charge is -2.33. The molecular weight excluding hydrogens is 320 g/mol. The second kappa shape index (κ2) is 5.48. The van der Waals surface area contributed by atoms with Crippen LogP contribution in [0, 0.1) is 13.8 Å². The third kappa shape index (κ3) is 1.98. The average molecular weight is 340 g/mol. The van der Waals surface area contributed by atoms with Crippen LogP contribution >= 0.6 is 0 Å². The van der Waals surface area contributed by atoms with Crippen molar-refractivity contribution in [1.29, 1.82) is 0 Å². The molecule has 0 saturated carbocycles. The van der Waals surface area contributed by atoms with Crippen LogP contribution in [0.5, 0.6) is 0 Å². The Morgan fingerprint density at radius 1 is 0.885 bits per heavy atom. The summed E-state index contributed by atoms with van der Waals surface area (Å²) in [7, 11) is 0. The normalized spacial score (nSPS) is 17.7. The van der Waals surface area contributed by atoms with Gasteiger partial charge in [0.05, 0.1) is 17.6 Å². The van der Waals surface area contributed by atoms with Crippen LogP contribution in [-0.4, -0.2) is 15.2 Å². The maximum Gasteiger partial charge on any atom is 0.150 e. The van der Waals surface area contributed by atoms with Crippen LogP contribution in [0.2, 0.25) is 0 Å². The van der Waals surface area contributed by atoms with Crippen LogP contribution in [0.15, 0.2) is 72.6 Å². The van der Waals surface area contributed by atoms with Crippen LogP contribution in [0.25, 0.3) is 17.1 Å². The highest BCUT2D eigenvalue weighted by Crippen LogP contribution is 2.42. The van der Waals surface area contributed by atoms with E-state index in [0.717, 1.165) is 28.9 Å². The van der Waals surface area contributed by atoms with Crippen molar-refractivity contribution in [3.05, 3.63) is 99.7 Å². The zero-order valence-corrected chi connectivity index (χ0v) is 14.9. The van der Waals surface area contributed by atoms with Crippen molar-refractivity contribution in [2.45, 2.75) is 20.3 Å². The highest BCUT2D eigenvalue weighted by atomic mass is 16.5. The van der Waals surface area contributed by atoms with Gasteiger partial charge in [-0.15, -0.1) is 0 Å². The molecule has 0 spiro atoms. The standard InChI is InChI=1S/C23H20N2O/c1-15-8-7-9-16(2)22(15)21-14-24(26)23-19-12-4-3-10-17(19)18-11-5-6-13-20(18)25(21)23/h3-10,12-14,26H,11H2,1-2H3. The zero-order chi connectivity index (χ0) is 17.8. The Labute approximate surface area is 152 Å². The van der Waals surface area contributed by atoms with Crippen molar-refractivity contribution >= 4 is 17.1 Å². The summed E-state index contributed by atoms with van der Waals surface area (Å²) in [4.78, 5) is 2.20. The first kappa shape index (κ1) is 15.2. The predicted octanol–water partition coefficient (Wildman–Crippen LogP) is 3.38. The second-order valence-electron chi connectivity index (χ2n) is 6.99. The molecule has 0 amide bonds. The number of benzene rings is 2. The van der Waals surface area contributed by atoms with Gasteiger partial charge in [0.15, 0.2) is 5.82 Å². The van der Waals surface area contributed by atoms with E-state index in [1.165, 1.54) is 32.5 Å². The van der Waals surface area contributed by atoms with Crippen LogP contribution in [-0.2, 0) is 0 Å². The smallest absolute Gasteiger partial charge is 0.150 e. The van der Waals surface area contributed by atoms with Crippen LogP contribution in [0.3, 0.4) is 0 Å². The van der Waals surface area contributed by atoms with E-state index in [0.29, 0.717) is 0 Å². The van der Waals surface area contributed by atoms with Crippen molar-refractivity contribution in [3.8, 4) is 0 Å². The van der Waals surface area contributed by atoms with Crippen molar-refractivity contribution in [3.63, 3.8) is 0 Å². The van der Waals surface area contributed by atoms with Gasteiger partial charge in [0, 0.05) is 10.8 Å².